The third-order valence-electron chi connectivity index (χ3n) is 3.97. The molecular formula is C19H19N3O5. The number of aromatic amines is 1. The summed E-state index contributed by atoms with van der Waals surface area (Å²) in [6.45, 7) is 1.49. The van der Waals surface area contributed by atoms with Crippen molar-refractivity contribution in [1.29, 1.82) is 0 Å². The van der Waals surface area contributed by atoms with Crippen molar-refractivity contribution in [2.45, 2.75) is 13.0 Å². The Bertz CT molecular complexity index is 982. The number of hydrogen-bond donors (Lipinski definition) is 2. The van der Waals surface area contributed by atoms with Crippen LogP contribution in [0.5, 0.6) is 11.5 Å². The summed E-state index contributed by atoms with van der Waals surface area (Å²) in [5.41, 5.74) is 1.34. The van der Waals surface area contributed by atoms with Crippen molar-refractivity contribution in [2.75, 3.05) is 19.5 Å². The van der Waals surface area contributed by atoms with Crippen LogP contribution in [0, 0.1) is 0 Å². The molecule has 0 fully saturated rings. The van der Waals surface area contributed by atoms with Gasteiger partial charge in [-0.25, -0.2) is 4.79 Å². The molecule has 1 aromatic heterocycles. The summed E-state index contributed by atoms with van der Waals surface area (Å²) in [5, 5.41) is 10.0. The van der Waals surface area contributed by atoms with Crippen LogP contribution in [-0.2, 0) is 9.53 Å². The molecule has 0 saturated heterocycles. The number of esters is 1. The zero-order valence-electron chi connectivity index (χ0n) is 15.1. The Morgan fingerprint density at radius 1 is 1.07 bits per heavy atom. The van der Waals surface area contributed by atoms with E-state index in [2.05, 4.69) is 15.5 Å². The van der Waals surface area contributed by atoms with Crippen molar-refractivity contribution in [3.05, 3.63) is 48.2 Å². The number of ether oxygens (including phenoxy) is 3. The zero-order valence-corrected chi connectivity index (χ0v) is 15.1. The molecule has 8 heteroatoms. The van der Waals surface area contributed by atoms with E-state index in [0.29, 0.717) is 28.1 Å². The Balaban J connectivity index is 1.68. The molecule has 27 heavy (non-hydrogen) atoms. The maximum absolute atomic E-state index is 12.3. The van der Waals surface area contributed by atoms with E-state index in [1.165, 1.54) is 21.1 Å². The molecule has 0 aliphatic rings. The van der Waals surface area contributed by atoms with E-state index in [1.54, 1.807) is 36.4 Å². The van der Waals surface area contributed by atoms with Gasteiger partial charge in [0.1, 0.15) is 0 Å². The van der Waals surface area contributed by atoms with Crippen LogP contribution in [0.25, 0.3) is 10.9 Å². The highest BCUT2D eigenvalue weighted by Gasteiger charge is 2.22. The summed E-state index contributed by atoms with van der Waals surface area (Å²) < 4.78 is 15.6. The Hall–Kier alpha value is -3.55. The van der Waals surface area contributed by atoms with Gasteiger partial charge in [0.15, 0.2) is 23.3 Å². The lowest BCUT2D eigenvalue weighted by molar-refractivity contribution is -0.123. The fourth-order valence-electron chi connectivity index (χ4n) is 2.55. The Morgan fingerprint density at radius 2 is 1.81 bits per heavy atom. The lowest BCUT2D eigenvalue weighted by Crippen LogP contribution is -2.30. The molecular weight excluding hydrogens is 350 g/mol. The van der Waals surface area contributed by atoms with E-state index in [-0.39, 0.29) is 5.69 Å². The molecule has 0 aliphatic carbocycles. The minimum atomic E-state index is -1.01. The standard InChI is InChI=1S/C19H19N3O5/c1-11(18(23)20-12-8-9-15(25-2)16(10-12)26-3)27-19(24)17-13-6-4-5-7-14(13)21-22-17/h4-11H,1-3H3,(H,20,23)(H,21,22)/t11-/m0/s1. The van der Waals surface area contributed by atoms with Crippen molar-refractivity contribution < 1.29 is 23.8 Å². The molecule has 3 aromatic rings. The number of rotatable bonds is 6. The van der Waals surface area contributed by atoms with E-state index < -0.39 is 18.0 Å². The molecule has 0 saturated carbocycles. The number of H-pyrrole nitrogens is 1. The molecule has 0 radical (unpaired) electrons. The first-order valence-corrected chi connectivity index (χ1v) is 8.20. The van der Waals surface area contributed by atoms with Gasteiger partial charge in [0.05, 0.1) is 19.7 Å². The van der Waals surface area contributed by atoms with Gasteiger partial charge < -0.3 is 19.5 Å². The van der Waals surface area contributed by atoms with Crippen LogP contribution in [0.1, 0.15) is 17.4 Å². The molecule has 0 bridgehead atoms. The van der Waals surface area contributed by atoms with E-state index in [1.807, 2.05) is 6.07 Å². The van der Waals surface area contributed by atoms with Crippen molar-refractivity contribution in [2.24, 2.45) is 0 Å². The van der Waals surface area contributed by atoms with Gasteiger partial charge in [-0.3, -0.25) is 9.89 Å². The molecule has 3 rings (SSSR count). The molecule has 0 unspecified atom stereocenters. The number of benzene rings is 2. The second-order valence-electron chi connectivity index (χ2n) is 5.72. The second-order valence-corrected chi connectivity index (χ2v) is 5.72. The number of aromatic nitrogens is 2. The highest BCUT2D eigenvalue weighted by Crippen LogP contribution is 2.29. The van der Waals surface area contributed by atoms with E-state index in [9.17, 15) is 9.59 Å². The molecule has 2 aromatic carbocycles. The number of carbonyl (C=O) groups excluding carboxylic acids is 2. The number of fused-ring (bicyclic) bond motifs is 1. The molecule has 140 valence electrons. The summed E-state index contributed by atoms with van der Waals surface area (Å²) in [4.78, 5) is 24.7. The van der Waals surface area contributed by atoms with Crippen molar-refractivity contribution in [3.8, 4) is 11.5 Å². The number of hydrogen-bond acceptors (Lipinski definition) is 6. The van der Waals surface area contributed by atoms with Crippen molar-refractivity contribution in [3.63, 3.8) is 0 Å². The Morgan fingerprint density at radius 3 is 2.56 bits per heavy atom. The maximum Gasteiger partial charge on any atom is 0.360 e. The van der Waals surface area contributed by atoms with Crippen LogP contribution in [0.4, 0.5) is 5.69 Å². The maximum atomic E-state index is 12.3. The highest BCUT2D eigenvalue weighted by molar-refractivity contribution is 6.03. The van der Waals surface area contributed by atoms with Crippen LogP contribution in [0.3, 0.4) is 0 Å². The molecule has 0 aliphatic heterocycles. The molecule has 8 nitrogen and oxygen atoms in total. The molecule has 1 heterocycles. The molecule has 2 N–H and O–H groups in total. The molecule has 0 spiro atoms. The first kappa shape index (κ1) is 18.2. The summed E-state index contributed by atoms with van der Waals surface area (Å²) >= 11 is 0. The van der Waals surface area contributed by atoms with Crippen LogP contribution in [0.15, 0.2) is 42.5 Å². The minimum absolute atomic E-state index is 0.136. The average Bonchev–Trinajstić information content (AvgIpc) is 3.12. The monoisotopic (exact) mass is 369 g/mol. The number of carbonyl (C=O) groups is 2. The van der Waals surface area contributed by atoms with E-state index in [4.69, 9.17) is 14.2 Å². The predicted octanol–water partition coefficient (Wildman–Crippen LogP) is 2.76. The van der Waals surface area contributed by atoms with Gasteiger partial charge in [0, 0.05) is 17.1 Å². The second kappa shape index (κ2) is 7.77. The quantitative estimate of drug-likeness (QED) is 0.648. The van der Waals surface area contributed by atoms with Crippen LogP contribution >= 0.6 is 0 Å². The van der Waals surface area contributed by atoms with Crippen molar-refractivity contribution in [1.82, 2.24) is 10.2 Å². The Kier molecular flexibility index (Phi) is 5.25. The summed E-state index contributed by atoms with van der Waals surface area (Å²) in [5.74, 6) is -0.138. The number of anilines is 1. The summed E-state index contributed by atoms with van der Waals surface area (Å²) in [7, 11) is 3.03. The van der Waals surface area contributed by atoms with Crippen molar-refractivity contribution >= 4 is 28.5 Å². The van der Waals surface area contributed by atoms with Gasteiger partial charge in [-0.05, 0) is 25.1 Å². The fraction of sp³-hybridized carbons (Fsp3) is 0.211. The first-order chi connectivity index (χ1) is 13.0. The van der Waals surface area contributed by atoms with Gasteiger partial charge in [0.2, 0.25) is 0 Å². The number of para-hydroxylation sites is 1. The number of methoxy groups -OCH3 is 2. The first-order valence-electron chi connectivity index (χ1n) is 8.20. The normalized spacial score (nSPS) is 11.7. The van der Waals surface area contributed by atoms with Gasteiger partial charge in [-0.1, -0.05) is 18.2 Å². The van der Waals surface area contributed by atoms with Crippen LogP contribution in [0.2, 0.25) is 0 Å². The fourth-order valence-corrected chi connectivity index (χ4v) is 2.55. The minimum Gasteiger partial charge on any atom is -0.493 e. The van der Waals surface area contributed by atoms with Gasteiger partial charge in [-0.15, -0.1) is 0 Å². The Labute approximate surface area is 155 Å². The summed E-state index contributed by atoms with van der Waals surface area (Å²) in [6, 6.07) is 12.1. The topological polar surface area (TPSA) is 103 Å². The highest BCUT2D eigenvalue weighted by atomic mass is 16.5. The molecule has 1 amide bonds. The third kappa shape index (κ3) is 3.84. The lowest BCUT2D eigenvalue weighted by atomic mass is 10.2. The van der Waals surface area contributed by atoms with Crippen LogP contribution < -0.4 is 14.8 Å². The number of nitrogens with zero attached hydrogens (tertiary/aromatic N) is 1. The van der Waals surface area contributed by atoms with E-state index in [0.717, 1.165) is 0 Å². The van der Waals surface area contributed by atoms with Gasteiger partial charge in [0.25, 0.3) is 5.91 Å². The molecule has 1 atom stereocenters. The average molecular weight is 369 g/mol. The summed E-state index contributed by atoms with van der Waals surface area (Å²) in [6.07, 6.45) is -1.01. The smallest absolute Gasteiger partial charge is 0.360 e. The van der Waals surface area contributed by atoms with Gasteiger partial charge in [-0.2, -0.15) is 5.10 Å². The lowest BCUT2D eigenvalue weighted by Gasteiger charge is -2.14. The zero-order chi connectivity index (χ0) is 19.4. The SMILES string of the molecule is COc1ccc(NC(=O)[C@H](C)OC(=O)c2n[nH]c3ccccc23)cc1OC. The van der Waals surface area contributed by atoms with Crippen LogP contribution in [-0.4, -0.2) is 42.4 Å². The largest absolute Gasteiger partial charge is 0.493 e. The predicted molar refractivity (Wildman–Crippen MR) is 99.1 cm³/mol. The number of nitrogens with one attached hydrogen (secondary N) is 2. The van der Waals surface area contributed by atoms with Gasteiger partial charge >= 0.3 is 5.97 Å². The number of amides is 1. The van der Waals surface area contributed by atoms with E-state index >= 15 is 0 Å². The third-order valence-corrected chi connectivity index (χ3v) is 3.97.